The van der Waals surface area contributed by atoms with Crippen LogP contribution < -0.4 is 5.32 Å². The lowest BCUT2D eigenvalue weighted by atomic mass is 10.2. The summed E-state index contributed by atoms with van der Waals surface area (Å²) in [5.41, 5.74) is 2.22. The number of hydrogen-bond donors (Lipinski definition) is 1. The van der Waals surface area contributed by atoms with Gasteiger partial charge in [0.05, 0.1) is 0 Å². The highest BCUT2D eigenvalue weighted by molar-refractivity contribution is 14.1. The Balaban J connectivity index is 2.09. The Morgan fingerprint density at radius 1 is 1.33 bits per heavy atom. The van der Waals surface area contributed by atoms with E-state index in [-0.39, 0.29) is 5.82 Å². The molecule has 0 aliphatic carbocycles. The quantitative estimate of drug-likeness (QED) is 0.862. The van der Waals surface area contributed by atoms with E-state index in [0.717, 1.165) is 14.8 Å². The van der Waals surface area contributed by atoms with Crippen LogP contribution in [0, 0.1) is 20.7 Å². The molecule has 0 saturated carbocycles. The van der Waals surface area contributed by atoms with Gasteiger partial charge in [0.2, 0.25) is 0 Å². The molecule has 0 amide bonds. The Hall–Kier alpha value is -1.68. The van der Waals surface area contributed by atoms with Crippen LogP contribution >= 0.6 is 22.6 Å². The summed E-state index contributed by atoms with van der Waals surface area (Å²) >= 11 is 2.08. The molecule has 0 fully saturated rings. The first kappa shape index (κ1) is 12.8. The normalized spacial score (nSPS) is 9.83. The van der Waals surface area contributed by atoms with Crippen molar-refractivity contribution < 1.29 is 4.39 Å². The number of anilines is 1. The first-order chi connectivity index (χ1) is 8.69. The van der Waals surface area contributed by atoms with Gasteiger partial charge in [0, 0.05) is 22.0 Å². The van der Waals surface area contributed by atoms with Crippen molar-refractivity contribution in [3.63, 3.8) is 0 Å². The number of halogens is 2. The van der Waals surface area contributed by atoms with E-state index in [1.165, 1.54) is 12.1 Å². The lowest BCUT2D eigenvalue weighted by molar-refractivity contribution is 0.627. The Morgan fingerprint density at radius 2 is 2.17 bits per heavy atom. The Morgan fingerprint density at radius 3 is 2.89 bits per heavy atom. The van der Waals surface area contributed by atoms with Gasteiger partial charge in [-0.25, -0.2) is 9.37 Å². The molecule has 0 unspecified atom stereocenters. The SMILES string of the molecule is N#Cc1cc(CNc2ccc(F)cc2I)ccn1. The third-order valence-corrected chi connectivity index (χ3v) is 3.25. The number of aromatic nitrogens is 1. The van der Waals surface area contributed by atoms with Crippen LogP contribution in [0.4, 0.5) is 10.1 Å². The van der Waals surface area contributed by atoms with Gasteiger partial charge in [0.25, 0.3) is 0 Å². The standard InChI is InChI=1S/C13H9FIN3/c14-10-1-2-13(12(15)6-10)18-8-9-3-4-17-11(5-9)7-16/h1-6,18H,8H2. The van der Waals surface area contributed by atoms with Crippen molar-refractivity contribution in [3.05, 3.63) is 57.2 Å². The van der Waals surface area contributed by atoms with Gasteiger partial charge in [-0.2, -0.15) is 5.26 Å². The Labute approximate surface area is 118 Å². The molecule has 1 N–H and O–H groups in total. The van der Waals surface area contributed by atoms with Gasteiger partial charge in [0.15, 0.2) is 0 Å². The third kappa shape index (κ3) is 3.17. The summed E-state index contributed by atoms with van der Waals surface area (Å²) in [6, 6.07) is 10.1. The van der Waals surface area contributed by atoms with E-state index in [2.05, 4.69) is 32.9 Å². The van der Waals surface area contributed by atoms with Gasteiger partial charge in [-0.05, 0) is 58.5 Å². The van der Waals surface area contributed by atoms with Gasteiger partial charge < -0.3 is 5.32 Å². The maximum Gasteiger partial charge on any atom is 0.140 e. The van der Waals surface area contributed by atoms with Gasteiger partial charge in [0.1, 0.15) is 17.6 Å². The van der Waals surface area contributed by atoms with Crippen LogP contribution in [0.3, 0.4) is 0 Å². The lowest BCUT2D eigenvalue weighted by Gasteiger charge is -2.08. The molecule has 0 saturated heterocycles. The van der Waals surface area contributed by atoms with Crippen molar-refractivity contribution in [2.45, 2.75) is 6.54 Å². The average Bonchev–Trinajstić information content (AvgIpc) is 2.38. The second-order valence-electron chi connectivity index (χ2n) is 3.64. The number of nitrogens with one attached hydrogen (secondary N) is 1. The highest BCUT2D eigenvalue weighted by Gasteiger charge is 2.02. The molecule has 90 valence electrons. The molecule has 5 heteroatoms. The largest absolute Gasteiger partial charge is 0.380 e. The maximum atomic E-state index is 12.9. The molecule has 1 aromatic heterocycles. The van der Waals surface area contributed by atoms with Crippen LogP contribution in [0.2, 0.25) is 0 Å². The van der Waals surface area contributed by atoms with E-state index in [1.54, 1.807) is 18.3 Å². The minimum atomic E-state index is -0.249. The summed E-state index contributed by atoms with van der Waals surface area (Å²) in [6.45, 7) is 0.568. The molecule has 0 atom stereocenters. The van der Waals surface area contributed by atoms with E-state index < -0.39 is 0 Å². The molecule has 0 bridgehead atoms. The number of nitriles is 1. The molecule has 0 aliphatic heterocycles. The third-order valence-electron chi connectivity index (χ3n) is 2.35. The second-order valence-corrected chi connectivity index (χ2v) is 4.80. The van der Waals surface area contributed by atoms with E-state index in [9.17, 15) is 4.39 Å². The number of nitrogens with zero attached hydrogens (tertiary/aromatic N) is 2. The van der Waals surface area contributed by atoms with Crippen LogP contribution in [-0.2, 0) is 6.54 Å². The van der Waals surface area contributed by atoms with Gasteiger partial charge >= 0.3 is 0 Å². The summed E-state index contributed by atoms with van der Waals surface area (Å²) < 4.78 is 13.8. The number of hydrogen-bond acceptors (Lipinski definition) is 3. The Bertz CT molecular complexity index is 607. The zero-order valence-corrected chi connectivity index (χ0v) is 11.5. The van der Waals surface area contributed by atoms with Crippen LogP contribution in [0.15, 0.2) is 36.5 Å². The fraction of sp³-hybridized carbons (Fsp3) is 0.0769. The van der Waals surface area contributed by atoms with Crippen LogP contribution in [0.5, 0.6) is 0 Å². The van der Waals surface area contributed by atoms with Crippen molar-refractivity contribution in [2.75, 3.05) is 5.32 Å². The van der Waals surface area contributed by atoms with Crippen LogP contribution in [-0.4, -0.2) is 4.98 Å². The maximum absolute atomic E-state index is 12.9. The van der Waals surface area contributed by atoms with Gasteiger partial charge in [-0.3, -0.25) is 0 Å². The van der Waals surface area contributed by atoms with Gasteiger partial charge in [-0.1, -0.05) is 0 Å². The van der Waals surface area contributed by atoms with Crippen LogP contribution in [0.25, 0.3) is 0 Å². The minimum Gasteiger partial charge on any atom is -0.380 e. The Kier molecular flexibility index (Phi) is 4.10. The topological polar surface area (TPSA) is 48.7 Å². The number of rotatable bonds is 3. The predicted molar refractivity (Wildman–Crippen MR) is 75.4 cm³/mol. The smallest absolute Gasteiger partial charge is 0.140 e. The summed E-state index contributed by atoms with van der Waals surface area (Å²) in [6.07, 6.45) is 1.60. The van der Waals surface area contributed by atoms with Crippen molar-refractivity contribution >= 4 is 28.3 Å². The summed E-state index contributed by atoms with van der Waals surface area (Å²) in [4.78, 5) is 3.90. The molecule has 2 aromatic rings. The molecule has 1 heterocycles. The molecule has 1 aromatic carbocycles. The molecule has 0 spiro atoms. The second kappa shape index (κ2) is 5.78. The zero-order chi connectivity index (χ0) is 13.0. The van der Waals surface area contributed by atoms with Crippen molar-refractivity contribution in [1.82, 2.24) is 4.98 Å². The van der Waals surface area contributed by atoms with Gasteiger partial charge in [-0.15, -0.1) is 0 Å². The summed E-state index contributed by atoms with van der Waals surface area (Å²) in [7, 11) is 0. The van der Waals surface area contributed by atoms with Crippen molar-refractivity contribution in [1.29, 1.82) is 5.26 Å². The summed E-state index contributed by atoms with van der Waals surface area (Å²) in [5.74, 6) is -0.249. The van der Waals surface area contributed by atoms with Crippen molar-refractivity contribution in [3.8, 4) is 6.07 Å². The first-order valence-electron chi connectivity index (χ1n) is 5.23. The highest BCUT2D eigenvalue weighted by Crippen LogP contribution is 2.19. The fourth-order valence-corrected chi connectivity index (χ4v) is 2.14. The molecule has 0 radical (unpaired) electrons. The lowest BCUT2D eigenvalue weighted by Crippen LogP contribution is -2.02. The molecule has 2 rings (SSSR count). The van der Waals surface area contributed by atoms with E-state index in [4.69, 9.17) is 5.26 Å². The fourth-order valence-electron chi connectivity index (χ4n) is 1.48. The monoisotopic (exact) mass is 353 g/mol. The zero-order valence-electron chi connectivity index (χ0n) is 9.32. The van der Waals surface area contributed by atoms with Crippen LogP contribution in [0.1, 0.15) is 11.3 Å². The highest BCUT2D eigenvalue weighted by atomic mass is 127. The summed E-state index contributed by atoms with van der Waals surface area (Å²) in [5, 5.41) is 11.9. The average molecular weight is 353 g/mol. The molecule has 18 heavy (non-hydrogen) atoms. The van der Waals surface area contributed by atoms with Crippen molar-refractivity contribution in [2.24, 2.45) is 0 Å². The van der Waals surface area contributed by atoms with E-state index in [1.807, 2.05) is 12.1 Å². The first-order valence-corrected chi connectivity index (χ1v) is 6.31. The molecule has 3 nitrogen and oxygen atoms in total. The number of benzene rings is 1. The van der Waals surface area contributed by atoms with E-state index >= 15 is 0 Å². The molecular weight excluding hydrogens is 344 g/mol. The molecular formula is C13H9FIN3. The predicted octanol–water partition coefficient (Wildman–Crippen LogP) is 3.31. The molecule has 0 aliphatic rings. The van der Waals surface area contributed by atoms with E-state index in [0.29, 0.717) is 12.2 Å². The minimum absolute atomic E-state index is 0.249. The number of pyridine rings is 1.